The fraction of sp³-hybridized carbons (Fsp3) is 0.526. The Labute approximate surface area is 152 Å². The van der Waals surface area contributed by atoms with Crippen LogP contribution in [0.3, 0.4) is 0 Å². The molecule has 2 aliphatic rings. The van der Waals surface area contributed by atoms with E-state index in [4.69, 9.17) is 4.74 Å². The summed E-state index contributed by atoms with van der Waals surface area (Å²) >= 11 is 3.42. The third-order valence-electron chi connectivity index (χ3n) is 5.24. The lowest BCUT2D eigenvalue weighted by atomic mass is 9.85. The number of carbonyl (C=O) groups is 1. The van der Waals surface area contributed by atoms with E-state index in [-0.39, 0.29) is 24.1 Å². The first kappa shape index (κ1) is 17.6. The first-order chi connectivity index (χ1) is 11.6. The maximum atomic E-state index is 12.9. The van der Waals surface area contributed by atoms with Crippen molar-refractivity contribution in [2.24, 2.45) is 0 Å². The Balaban J connectivity index is 1.80. The molecule has 0 spiro atoms. The van der Waals surface area contributed by atoms with Crippen LogP contribution in [0.1, 0.15) is 29.6 Å². The van der Waals surface area contributed by atoms with Crippen molar-refractivity contribution >= 4 is 21.8 Å². The van der Waals surface area contributed by atoms with Crippen LogP contribution in [0.25, 0.3) is 0 Å². The number of rotatable bonds is 4. The summed E-state index contributed by atoms with van der Waals surface area (Å²) in [5.74, 6) is 0.0846. The minimum Gasteiger partial charge on any atom is -0.380 e. The lowest BCUT2D eigenvalue weighted by molar-refractivity contribution is -0.0372. The lowest BCUT2D eigenvalue weighted by Crippen LogP contribution is -2.59. The highest BCUT2D eigenvalue weighted by molar-refractivity contribution is 9.10. The lowest BCUT2D eigenvalue weighted by Gasteiger charge is -2.46. The molecule has 3 rings (SSSR count). The van der Waals surface area contributed by atoms with Crippen LogP contribution in [-0.4, -0.2) is 61.1 Å². The molecule has 1 heterocycles. The van der Waals surface area contributed by atoms with Gasteiger partial charge in [0.2, 0.25) is 0 Å². The second-order valence-electron chi connectivity index (χ2n) is 6.61. The molecule has 0 unspecified atom stereocenters. The Morgan fingerprint density at radius 1 is 1.21 bits per heavy atom. The fourth-order valence-electron chi connectivity index (χ4n) is 3.96. The molecule has 24 heavy (non-hydrogen) atoms. The number of ether oxygens (including phenoxy) is 1. The van der Waals surface area contributed by atoms with Crippen molar-refractivity contribution in [2.45, 2.75) is 37.5 Å². The van der Waals surface area contributed by atoms with Gasteiger partial charge in [-0.05, 0) is 43.5 Å². The Kier molecular flexibility index (Phi) is 5.74. The standard InChI is InChI=1S/C19H25BrN2O2/c1-21(19(23)14-8-10-15(20)11-9-14)16-6-5-7-17(24-2)18(16)22-12-3-4-13-22/h3-4,8-11,16-18H,5-7,12-13H2,1-2H3/t16-,17-,18+/m1/s1. The van der Waals surface area contributed by atoms with E-state index in [0.29, 0.717) is 0 Å². The zero-order valence-corrected chi connectivity index (χ0v) is 15.9. The van der Waals surface area contributed by atoms with Gasteiger partial charge in [0.25, 0.3) is 5.91 Å². The van der Waals surface area contributed by atoms with Gasteiger partial charge in [0.05, 0.1) is 12.1 Å². The molecular formula is C19H25BrN2O2. The van der Waals surface area contributed by atoms with Crippen LogP contribution in [-0.2, 0) is 4.74 Å². The largest absolute Gasteiger partial charge is 0.380 e. The Morgan fingerprint density at radius 2 is 1.88 bits per heavy atom. The van der Waals surface area contributed by atoms with Crippen molar-refractivity contribution < 1.29 is 9.53 Å². The minimum atomic E-state index is 0.0846. The Hall–Kier alpha value is -1.17. The van der Waals surface area contributed by atoms with E-state index < -0.39 is 0 Å². The minimum absolute atomic E-state index is 0.0846. The molecule has 1 aromatic rings. The molecule has 4 nitrogen and oxygen atoms in total. The molecule has 5 heteroatoms. The Bertz CT molecular complexity index is 592. The van der Waals surface area contributed by atoms with Crippen molar-refractivity contribution in [1.29, 1.82) is 0 Å². The van der Waals surface area contributed by atoms with Gasteiger partial charge in [-0.3, -0.25) is 9.69 Å². The van der Waals surface area contributed by atoms with Crippen LogP contribution in [0, 0.1) is 0 Å². The van der Waals surface area contributed by atoms with E-state index in [0.717, 1.165) is 42.4 Å². The SMILES string of the molecule is CO[C@@H]1CCC[C@@H](N(C)C(=O)c2ccc(Br)cc2)[C@@H]1N1CC=CC1. The predicted molar refractivity (Wildman–Crippen MR) is 99.2 cm³/mol. The van der Waals surface area contributed by atoms with Gasteiger partial charge in [0.1, 0.15) is 0 Å². The van der Waals surface area contributed by atoms with Crippen molar-refractivity contribution in [3.05, 3.63) is 46.5 Å². The molecule has 130 valence electrons. The highest BCUT2D eigenvalue weighted by atomic mass is 79.9. The maximum absolute atomic E-state index is 12.9. The van der Waals surface area contributed by atoms with Crippen molar-refractivity contribution in [3.63, 3.8) is 0 Å². The van der Waals surface area contributed by atoms with Crippen LogP contribution in [0.2, 0.25) is 0 Å². The zero-order valence-electron chi connectivity index (χ0n) is 14.3. The zero-order chi connectivity index (χ0) is 17.1. The third kappa shape index (κ3) is 3.58. The van der Waals surface area contributed by atoms with E-state index >= 15 is 0 Å². The van der Waals surface area contributed by atoms with Crippen LogP contribution in [0.4, 0.5) is 0 Å². The van der Waals surface area contributed by atoms with Gasteiger partial charge < -0.3 is 9.64 Å². The van der Waals surface area contributed by atoms with Gasteiger partial charge in [-0.2, -0.15) is 0 Å². The summed E-state index contributed by atoms with van der Waals surface area (Å²) in [5.41, 5.74) is 0.735. The van der Waals surface area contributed by atoms with Crippen molar-refractivity contribution in [3.8, 4) is 0 Å². The van der Waals surface area contributed by atoms with Gasteiger partial charge >= 0.3 is 0 Å². The fourth-order valence-corrected chi connectivity index (χ4v) is 4.22. The summed E-state index contributed by atoms with van der Waals surface area (Å²) in [6.07, 6.45) is 7.78. The molecule has 1 amide bonds. The molecule has 1 aliphatic heterocycles. The first-order valence-corrected chi connectivity index (χ1v) is 9.35. The van der Waals surface area contributed by atoms with Crippen molar-refractivity contribution in [1.82, 2.24) is 9.80 Å². The van der Waals surface area contributed by atoms with E-state index in [1.807, 2.05) is 36.2 Å². The van der Waals surface area contributed by atoms with Gasteiger partial charge in [0.15, 0.2) is 0 Å². The highest BCUT2D eigenvalue weighted by Crippen LogP contribution is 2.30. The second kappa shape index (κ2) is 7.81. The van der Waals surface area contributed by atoms with Gasteiger partial charge in [-0.25, -0.2) is 0 Å². The first-order valence-electron chi connectivity index (χ1n) is 8.56. The van der Waals surface area contributed by atoms with Gasteiger partial charge in [-0.15, -0.1) is 0 Å². The number of nitrogens with zero attached hydrogens (tertiary/aromatic N) is 2. The third-order valence-corrected chi connectivity index (χ3v) is 5.77. The van der Waals surface area contributed by atoms with Crippen LogP contribution in [0.5, 0.6) is 0 Å². The number of amides is 1. The number of halogens is 1. The number of hydrogen-bond acceptors (Lipinski definition) is 3. The van der Waals surface area contributed by atoms with Gasteiger partial charge in [0, 0.05) is 43.3 Å². The summed E-state index contributed by atoms with van der Waals surface area (Å²) in [7, 11) is 3.73. The smallest absolute Gasteiger partial charge is 0.253 e. The van der Waals surface area contributed by atoms with E-state index in [2.05, 4.69) is 33.0 Å². The molecule has 0 saturated heterocycles. The monoisotopic (exact) mass is 392 g/mol. The summed E-state index contributed by atoms with van der Waals surface area (Å²) in [6.45, 7) is 1.89. The number of methoxy groups -OCH3 is 1. The summed E-state index contributed by atoms with van der Waals surface area (Å²) in [6, 6.07) is 8.03. The molecule has 0 radical (unpaired) electrons. The number of carbonyl (C=O) groups excluding carboxylic acids is 1. The van der Waals surface area contributed by atoms with Crippen molar-refractivity contribution in [2.75, 3.05) is 27.2 Å². The van der Waals surface area contributed by atoms with Gasteiger partial charge in [-0.1, -0.05) is 28.1 Å². The molecule has 0 aromatic heterocycles. The maximum Gasteiger partial charge on any atom is 0.253 e. The highest BCUT2D eigenvalue weighted by Gasteiger charge is 2.41. The molecular weight excluding hydrogens is 368 g/mol. The van der Waals surface area contributed by atoms with Crippen LogP contribution >= 0.6 is 15.9 Å². The van der Waals surface area contributed by atoms with Crippen LogP contribution < -0.4 is 0 Å². The molecule has 1 aromatic carbocycles. The molecule has 1 fully saturated rings. The number of benzene rings is 1. The number of hydrogen-bond donors (Lipinski definition) is 0. The summed E-state index contributed by atoms with van der Waals surface area (Å²) in [4.78, 5) is 17.3. The average molecular weight is 393 g/mol. The molecule has 1 aliphatic carbocycles. The topological polar surface area (TPSA) is 32.8 Å². The molecule has 1 saturated carbocycles. The number of likely N-dealkylation sites (N-methyl/N-ethyl adjacent to an activating group) is 1. The molecule has 0 bridgehead atoms. The second-order valence-corrected chi connectivity index (χ2v) is 7.53. The Morgan fingerprint density at radius 3 is 2.50 bits per heavy atom. The average Bonchev–Trinajstić information content (AvgIpc) is 3.14. The van der Waals surface area contributed by atoms with Crippen LogP contribution in [0.15, 0.2) is 40.9 Å². The summed E-state index contributed by atoms with van der Waals surface area (Å²) in [5, 5.41) is 0. The quantitative estimate of drug-likeness (QED) is 0.736. The van der Waals surface area contributed by atoms with E-state index in [1.54, 1.807) is 7.11 Å². The van der Waals surface area contributed by atoms with E-state index in [9.17, 15) is 4.79 Å². The predicted octanol–water partition coefficient (Wildman–Crippen LogP) is 3.33. The normalized spacial score (nSPS) is 27.4. The molecule has 0 N–H and O–H groups in total. The van der Waals surface area contributed by atoms with E-state index in [1.165, 1.54) is 0 Å². The summed E-state index contributed by atoms with van der Waals surface area (Å²) < 4.78 is 6.77. The molecule has 3 atom stereocenters.